The zero-order valence-corrected chi connectivity index (χ0v) is 9.84. The molecule has 0 radical (unpaired) electrons. The fourth-order valence-electron chi connectivity index (χ4n) is 1.40. The van der Waals surface area contributed by atoms with E-state index in [-0.39, 0.29) is 16.8 Å². The maximum Gasteiger partial charge on any atom is 0.325 e. The van der Waals surface area contributed by atoms with Crippen molar-refractivity contribution in [1.29, 1.82) is 0 Å². The molecule has 18 heavy (non-hydrogen) atoms. The van der Waals surface area contributed by atoms with E-state index in [1.807, 2.05) is 0 Å². The van der Waals surface area contributed by atoms with Crippen LogP contribution >= 0.6 is 0 Å². The summed E-state index contributed by atoms with van der Waals surface area (Å²) >= 11 is 0. The number of carbonyl (C=O) groups excluding carboxylic acids is 1. The van der Waals surface area contributed by atoms with Crippen LogP contribution in [0.3, 0.4) is 0 Å². The van der Waals surface area contributed by atoms with Crippen molar-refractivity contribution >= 4 is 17.6 Å². The van der Waals surface area contributed by atoms with Crippen molar-refractivity contribution in [3.05, 3.63) is 39.4 Å². The number of nitro benzene ring substituents is 1. The molecule has 1 amide bonds. The third-order valence-electron chi connectivity index (χ3n) is 2.46. The molecule has 7 heteroatoms. The monoisotopic (exact) mass is 252 g/mol. The number of amides is 1. The highest BCUT2D eigenvalue weighted by molar-refractivity contribution is 5.98. The predicted molar refractivity (Wildman–Crippen MR) is 62.4 cm³/mol. The number of nitrogens with one attached hydrogen (secondary N) is 1. The van der Waals surface area contributed by atoms with Gasteiger partial charge in [0.15, 0.2) is 0 Å². The Morgan fingerprint density at radius 2 is 2.06 bits per heavy atom. The molecule has 0 aliphatic rings. The van der Waals surface area contributed by atoms with Crippen LogP contribution in [0.25, 0.3) is 0 Å². The van der Waals surface area contributed by atoms with Crippen LogP contribution in [0.4, 0.5) is 5.69 Å². The van der Waals surface area contributed by atoms with Crippen LogP contribution in [0.1, 0.15) is 22.8 Å². The van der Waals surface area contributed by atoms with E-state index >= 15 is 0 Å². The fourth-order valence-corrected chi connectivity index (χ4v) is 1.40. The van der Waals surface area contributed by atoms with Gasteiger partial charge >= 0.3 is 5.97 Å². The van der Waals surface area contributed by atoms with E-state index in [9.17, 15) is 19.7 Å². The number of carboxylic acid groups (broad SMARTS) is 1. The number of nitrogens with zero attached hydrogens (tertiary/aromatic N) is 1. The smallest absolute Gasteiger partial charge is 0.325 e. The second-order valence-electron chi connectivity index (χ2n) is 3.74. The molecule has 0 bridgehead atoms. The molecule has 0 spiro atoms. The van der Waals surface area contributed by atoms with Gasteiger partial charge in [0.1, 0.15) is 6.04 Å². The average Bonchev–Trinajstić information content (AvgIpc) is 2.28. The van der Waals surface area contributed by atoms with Crippen molar-refractivity contribution in [2.24, 2.45) is 0 Å². The third kappa shape index (κ3) is 2.82. The van der Waals surface area contributed by atoms with E-state index in [0.29, 0.717) is 0 Å². The lowest BCUT2D eigenvalue weighted by Gasteiger charge is -2.10. The molecule has 0 heterocycles. The van der Waals surface area contributed by atoms with E-state index < -0.39 is 22.8 Å². The first-order valence-electron chi connectivity index (χ1n) is 5.12. The maximum atomic E-state index is 11.8. The van der Waals surface area contributed by atoms with Crippen molar-refractivity contribution < 1.29 is 19.6 Å². The van der Waals surface area contributed by atoms with E-state index in [1.165, 1.54) is 32.0 Å². The molecule has 1 aromatic rings. The lowest BCUT2D eigenvalue weighted by atomic mass is 10.1. The molecule has 0 aliphatic carbocycles. The highest BCUT2D eigenvalue weighted by Gasteiger charge is 2.20. The molecular formula is C11H12N2O5. The summed E-state index contributed by atoms with van der Waals surface area (Å²) in [5, 5.41) is 21.6. The van der Waals surface area contributed by atoms with Crippen LogP contribution < -0.4 is 5.32 Å². The Labute approximate surface area is 103 Å². The summed E-state index contributed by atoms with van der Waals surface area (Å²) in [6.07, 6.45) is 0. The van der Waals surface area contributed by atoms with Gasteiger partial charge in [-0.05, 0) is 19.9 Å². The Hall–Kier alpha value is -2.44. The van der Waals surface area contributed by atoms with Crippen molar-refractivity contribution in [2.45, 2.75) is 19.9 Å². The highest BCUT2D eigenvalue weighted by Crippen LogP contribution is 2.20. The summed E-state index contributed by atoms with van der Waals surface area (Å²) < 4.78 is 0. The van der Waals surface area contributed by atoms with Gasteiger partial charge in [0.25, 0.3) is 11.6 Å². The molecule has 2 N–H and O–H groups in total. The standard InChI is InChI=1S/C11H12N2O5/c1-6-8(4-3-5-9(6)13(17)18)10(14)12-7(2)11(15)16/h3-5,7H,1-2H3,(H,12,14)(H,15,16)/t7-/m0/s1. The number of rotatable bonds is 4. The van der Waals surface area contributed by atoms with Crippen LogP contribution in [0.15, 0.2) is 18.2 Å². The molecule has 0 fully saturated rings. The number of hydrogen-bond donors (Lipinski definition) is 2. The number of aliphatic carboxylic acids is 1. The summed E-state index contributed by atoms with van der Waals surface area (Å²) in [5.74, 6) is -1.82. The summed E-state index contributed by atoms with van der Waals surface area (Å²) in [5.41, 5.74) is 0.125. The van der Waals surface area contributed by atoms with Crippen molar-refractivity contribution in [3.63, 3.8) is 0 Å². The Bertz CT molecular complexity index is 512. The molecule has 1 rings (SSSR count). The topological polar surface area (TPSA) is 110 Å². The van der Waals surface area contributed by atoms with Gasteiger partial charge in [0, 0.05) is 17.2 Å². The molecule has 0 unspecified atom stereocenters. The molecule has 1 atom stereocenters. The first-order valence-corrected chi connectivity index (χ1v) is 5.12. The van der Waals surface area contributed by atoms with Gasteiger partial charge in [-0.1, -0.05) is 6.07 Å². The van der Waals surface area contributed by atoms with Gasteiger partial charge in [0.2, 0.25) is 0 Å². The Balaban J connectivity index is 3.04. The number of carboxylic acids is 1. The van der Waals surface area contributed by atoms with E-state index in [1.54, 1.807) is 0 Å². The van der Waals surface area contributed by atoms with E-state index in [0.717, 1.165) is 0 Å². The fraction of sp³-hybridized carbons (Fsp3) is 0.273. The normalized spacial score (nSPS) is 11.7. The van der Waals surface area contributed by atoms with Crippen molar-refractivity contribution in [3.8, 4) is 0 Å². The summed E-state index contributed by atoms with van der Waals surface area (Å²) in [4.78, 5) is 32.5. The van der Waals surface area contributed by atoms with Crippen LogP contribution in [-0.4, -0.2) is 27.9 Å². The Kier molecular flexibility index (Phi) is 3.98. The quantitative estimate of drug-likeness (QED) is 0.616. The molecule has 96 valence electrons. The van der Waals surface area contributed by atoms with Gasteiger partial charge in [-0.2, -0.15) is 0 Å². The molecule has 7 nitrogen and oxygen atoms in total. The van der Waals surface area contributed by atoms with Crippen LogP contribution in [0.5, 0.6) is 0 Å². The molecule has 1 aromatic carbocycles. The zero-order valence-electron chi connectivity index (χ0n) is 9.84. The number of nitro groups is 1. The van der Waals surface area contributed by atoms with E-state index in [4.69, 9.17) is 5.11 Å². The zero-order chi connectivity index (χ0) is 13.9. The summed E-state index contributed by atoms with van der Waals surface area (Å²) in [7, 11) is 0. The van der Waals surface area contributed by atoms with Gasteiger partial charge in [-0.15, -0.1) is 0 Å². The van der Waals surface area contributed by atoms with Gasteiger partial charge in [-0.25, -0.2) is 0 Å². The van der Waals surface area contributed by atoms with Crippen LogP contribution in [-0.2, 0) is 4.79 Å². The second-order valence-corrected chi connectivity index (χ2v) is 3.74. The average molecular weight is 252 g/mol. The van der Waals surface area contributed by atoms with Gasteiger partial charge < -0.3 is 10.4 Å². The largest absolute Gasteiger partial charge is 0.480 e. The summed E-state index contributed by atoms with van der Waals surface area (Å²) in [6, 6.07) is 3.01. The number of carbonyl (C=O) groups is 2. The second kappa shape index (κ2) is 5.26. The minimum atomic E-state index is -1.17. The maximum absolute atomic E-state index is 11.8. The third-order valence-corrected chi connectivity index (χ3v) is 2.46. The molecule has 0 saturated heterocycles. The minimum absolute atomic E-state index is 0.0947. The number of hydrogen-bond acceptors (Lipinski definition) is 4. The molecule has 0 saturated carbocycles. The molecule has 0 aliphatic heterocycles. The van der Waals surface area contributed by atoms with Crippen LogP contribution in [0.2, 0.25) is 0 Å². The lowest BCUT2D eigenvalue weighted by Crippen LogP contribution is -2.38. The minimum Gasteiger partial charge on any atom is -0.480 e. The number of benzene rings is 1. The summed E-state index contributed by atoms with van der Waals surface area (Å²) in [6.45, 7) is 2.76. The van der Waals surface area contributed by atoms with Crippen molar-refractivity contribution in [1.82, 2.24) is 5.32 Å². The highest BCUT2D eigenvalue weighted by atomic mass is 16.6. The first kappa shape index (κ1) is 13.6. The lowest BCUT2D eigenvalue weighted by molar-refractivity contribution is -0.385. The van der Waals surface area contributed by atoms with Crippen molar-refractivity contribution in [2.75, 3.05) is 0 Å². The Morgan fingerprint density at radius 1 is 1.44 bits per heavy atom. The van der Waals surface area contributed by atoms with Crippen LogP contribution in [0, 0.1) is 17.0 Å². The SMILES string of the molecule is Cc1c(C(=O)N[C@@H](C)C(=O)O)cccc1[N+](=O)[O-]. The van der Waals surface area contributed by atoms with Gasteiger partial charge in [-0.3, -0.25) is 19.7 Å². The molecular weight excluding hydrogens is 240 g/mol. The molecule has 0 aromatic heterocycles. The van der Waals surface area contributed by atoms with Gasteiger partial charge in [0.05, 0.1) is 4.92 Å². The predicted octanol–water partition coefficient (Wildman–Crippen LogP) is 1.11. The van der Waals surface area contributed by atoms with E-state index in [2.05, 4.69) is 5.32 Å². The Morgan fingerprint density at radius 3 is 2.56 bits per heavy atom. The first-order chi connectivity index (χ1) is 8.34.